The second kappa shape index (κ2) is 6.40. The minimum absolute atomic E-state index is 0.238. The summed E-state index contributed by atoms with van der Waals surface area (Å²) in [6.07, 6.45) is 1.56. The first-order chi connectivity index (χ1) is 12.2. The number of carbonyl (C=O) groups is 1. The molecule has 124 valence electrons. The van der Waals surface area contributed by atoms with Crippen molar-refractivity contribution in [2.24, 2.45) is 0 Å². The smallest absolute Gasteiger partial charge is 0.251 e. The molecule has 0 saturated carbocycles. The fourth-order valence-corrected chi connectivity index (χ4v) is 3.15. The van der Waals surface area contributed by atoms with Crippen LogP contribution in [0.1, 0.15) is 15.9 Å². The van der Waals surface area contributed by atoms with E-state index in [2.05, 4.69) is 20.6 Å². The molecule has 4 aromatic rings. The van der Waals surface area contributed by atoms with E-state index < -0.39 is 0 Å². The van der Waals surface area contributed by atoms with Crippen molar-refractivity contribution in [2.45, 2.75) is 6.54 Å². The summed E-state index contributed by atoms with van der Waals surface area (Å²) in [4.78, 5) is 12.8. The van der Waals surface area contributed by atoms with Gasteiger partial charge in [0.05, 0.1) is 0 Å². The molecule has 0 atom stereocenters. The summed E-state index contributed by atoms with van der Waals surface area (Å²) in [5, 5.41) is 15.8. The number of fused-ring (bicyclic) bond motifs is 1. The van der Waals surface area contributed by atoms with Gasteiger partial charge in [-0.3, -0.25) is 4.79 Å². The number of hydrogen-bond donors (Lipinski definition) is 1. The van der Waals surface area contributed by atoms with Gasteiger partial charge in [-0.15, -0.1) is 10.2 Å². The minimum atomic E-state index is -0.363. The number of rotatable bonds is 4. The van der Waals surface area contributed by atoms with Crippen LogP contribution in [0.4, 0.5) is 4.39 Å². The summed E-state index contributed by atoms with van der Waals surface area (Å²) in [7, 11) is 0. The third-order valence-corrected chi connectivity index (χ3v) is 4.61. The summed E-state index contributed by atoms with van der Waals surface area (Å²) in [5.74, 6) is -0.602. The number of nitrogens with zero attached hydrogens (tertiary/aromatic N) is 4. The number of hydrogen-bond acceptors (Lipinski definition) is 5. The lowest BCUT2D eigenvalue weighted by Gasteiger charge is -2.06. The molecule has 0 bridgehead atoms. The van der Waals surface area contributed by atoms with E-state index in [0.29, 0.717) is 12.1 Å². The van der Waals surface area contributed by atoms with E-state index in [-0.39, 0.29) is 11.7 Å². The van der Waals surface area contributed by atoms with E-state index in [4.69, 9.17) is 0 Å². The Morgan fingerprint density at radius 2 is 1.88 bits per heavy atom. The molecule has 6 nitrogen and oxygen atoms in total. The third-order valence-electron chi connectivity index (χ3n) is 3.65. The average molecular weight is 353 g/mol. The Hall–Kier alpha value is -3.13. The molecule has 0 aliphatic rings. The Morgan fingerprint density at radius 3 is 2.60 bits per heavy atom. The van der Waals surface area contributed by atoms with Crippen LogP contribution < -0.4 is 5.32 Å². The van der Waals surface area contributed by atoms with E-state index in [1.54, 1.807) is 10.8 Å². The first-order valence-electron chi connectivity index (χ1n) is 7.49. The maximum atomic E-state index is 12.9. The van der Waals surface area contributed by atoms with Crippen molar-refractivity contribution in [2.75, 3.05) is 0 Å². The van der Waals surface area contributed by atoms with Crippen LogP contribution in [-0.4, -0.2) is 25.7 Å². The van der Waals surface area contributed by atoms with Gasteiger partial charge in [0.2, 0.25) is 4.96 Å². The molecule has 1 N–H and O–H groups in total. The van der Waals surface area contributed by atoms with Gasteiger partial charge < -0.3 is 5.32 Å². The highest BCUT2D eigenvalue weighted by Crippen LogP contribution is 2.24. The number of benzene rings is 2. The molecule has 25 heavy (non-hydrogen) atoms. The van der Waals surface area contributed by atoms with Gasteiger partial charge in [-0.05, 0) is 29.8 Å². The molecule has 0 unspecified atom stereocenters. The van der Waals surface area contributed by atoms with Crippen LogP contribution in [0, 0.1) is 5.82 Å². The number of halogens is 1. The van der Waals surface area contributed by atoms with Crippen molar-refractivity contribution in [3.8, 4) is 10.6 Å². The molecular weight excluding hydrogens is 341 g/mol. The Labute approximate surface area is 146 Å². The first kappa shape index (κ1) is 15.4. The van der Waals surface area contributed by atoms with Gasteiger partial charge in [0.25, 0.3) is 5.91 Å². The molecule has 0 radical (unpaired) electrons. The Balaban J connectivity index is 1.42. The van der Waals surface area contributed by atoms with Crippen LogP contribution in [0.5, 0.6) is 0 Å². The predicted molar refractivity (Wildman–Crippen MR) is 91.7 cm³/mol. The molecule has 0 saturated heterocycles. The molecule has 0 spiro atoms. The van der Waals surface area contributed by atoms with Crippen LogP contribution in [0.25, 0.3) is 15.5 Å². The van der Waals surface area contributed by atoms with Gasteiger partial charge in [0.15, 0.2) is 0 Å². The first-order valence-corrected chi connectivity index (χ1v) is 8.30. The minimum Gasteiger partial charge on any atom is -0.348 e. The summed E-state index contributed by atoms with van der Waals surface area (Å²) < 4.78 is 14.5. The fourth-order valence-electron chi connectivity index (χ4n) is 2.33. The fraction of sp³-hybridized carbons (Fsp3) is 0.0588. The molecule has 1 amide bonds. The largest absolute Gasteiger partial charge is 0.348 e. The Bertz CT molecular complexity index is 995. The van der Waals surface area contributed by atoms with Crippen LogP contribution >= 0.6 is 11.3 Å². The van der Waals surface area contributed by atoms with Crippen molar-refractivity contribution in [1.29, 1.82) is 0 Å². The number of nitrogens with one attached hydrogen (secondary N) is 1. The molecule has 4 rings (SSSR count). The van der Waals surface area contributed by atoms with Crippen LogP contribution in [-0.2, 0) is 6.54 Å². The summed E-state index contributed by atoms with van der Waals surface area (Å²) in [6.45, 7) is 0.390. The highest BCUT2D eigenvalue weighted by Gasteiger charge is 2.08. The van der Waals surface area contributed by atoms with Crippen molar-refractivity contribution in [3.63, 3.8) is 0 Å². The maximum Gasteiger partial charge on any atom is 0.251 e. The lowest BCUT2D eigenvalue weighted by atomic mass is 10.1. The molecule has 0 aliphatic heterocycles. The zero-order chi connectivity index (χ0) is 17.2. The zero-order valence-corrected chi connectivity index (χ0v) is 13.7. The van der Waals surface area contributed by atoms with Gasteiger partial charge in [-0.2, -0.15) is 9.61 Å². The summed E-state index contributed by atoms with van der Waals surface area (Å²) >= 11 is 1.46. The van der Waals surface area contributed by atoms with E-state index >= 15 is 0 Å². The molecule has 2 heterocycles. The topological polar surface area (TPSA) is 72.2 Å². The number of amides is 1. The maximum absolute atomic E-state index is 12.9. The monoisotopic (exact) mass is 353 g/mol. The number of aromatic nitrogens is 4. The quantitative estimate of drug-likeness (QED) is 0.612. The SMILES string of the molecule is O=C(NCc1ccc(-c2nn3cnnc3s2)cc1)c1ccc(F)cc1. The lowest BCUT2D eigenvalue weighted by molar-refractivity contribution is 0.0951. The average Bonchev–Trinajstić information content (AvgIpc) is 3.23. The van der Waals surface area contributed by atoms with Gasteiger partial charge >= 0.3 is 0 Å². The third kappa shape index (κ3) is 3.24. The number of carbonyl (C=O) groups excluding carboxylic acids is 1. The van der Waals surface area contributed by atoms with Crippen molar-refractivity contribution in [1.82, 2.24) is 25.1 Å². The molecule has 0 aliphatic carbocycles. The second-order valence-electron chi connectivity index (χ2n) is 5.35. The zero-order valence-electron chi connectivity index (χ0n) is 12.9. The Kier molecular flexibility index (Phi) is 3.95. The summed E-state index contributed by atoms with van der Waals surface area (Å²) in [5.41, 5.74) is 2.36. The van der Waals surface area contributed by atoms with E-state index in [9.17, 15) is 9.18 Å². The predicted octanol–water partition coefficient (Wildman–Crippen LogP) is 2.92. The second-order valence-corrected chi connectivity index (χ2v) is 6.31. The van der Waals surface area contributed by atoms with Gasteiger partial charge in [0, 0.05) is 17.7 Å². The highest BCUT2D eigenvalue weighted by atomic mass is 32.1. The van der Waals surface area contributed by atoms with Crippen molar-refractivity contribution < 1.29 is 9.18 Å². The molecular formula is C17H12FN5OS. The van der Waals surface area contributed by atoms with Crippen LogP contribution in [0.3, 0.4) is 0 Å². The Morgan fingerprint density at radius 1 is 1.12 bits per heavy atom. The van der Waals surface area contributed by atoms with E-state index in [0.717, 1.165) is 21.1 Å². The summed E-state index contributed by atoms with van der Waals surface area (Å²) in [6, 6.07) is 13.2. The molecule has 2 aromatic heterocycles. The standard InChI is InChI=1S/C17H12FN5OS/c18-14-7-5-12(6-8-14)15(24)19-9-11-1-3-13(4-2-11)16-22-23-10-20-21-17(23)25-16/h1-8,10H,9H2,(H,19,24). The van der Waals surface area contributed by atoms with Crippen LogP contribution in [0.15, 0.2) is 54.9 Å². The van der Waals surface area contributed by atoms with Gasteiger partial charge in [-0.25, -0.2) is 4.39 Å². The molecule has 2 aromatic carbocycles. The van der Waals surface area contributed by atoms with Gasteiger partial charge in [-0.1, -0.05) is 35.6 Å². The van der Waals surface area contributed by atoms with Crippen molar-refractivity contribution in [3.05, 3.63) is 71.8 Å². The lowest BCUT2D eigenvalue weighted by Crippen LogP contribution is -2.22. The molecule has 8 heteroatoms. The van der Waals surface area contributed by atoms with Gasteiger partial charge in [0.1, 0.15) is 17.2 Å². The molecule has 0 fully saturated rings. The highest BCUT2D eigenvalue weighted by molar-refractivity contribution is 7.19. The van der Waals surface area contributed by atoms with E-state index in [1.807, 2.05) is 24.3 Å². The van der Waals surface area contributed by atoms with E-state index in [1.165, 1.54) is 35.6 Å². The normalized spacial score (nSPS) is 10.9. The van der Waals surface area contributed by atoms with Crippen LogP contribution in [0.2, 0.25) is 0 Å². The van der Waals surface area contributed by atoms with Crippen molar-refractivity contribution >= 4 is 22.2 Å².